The Kier molecular flexibility index (Phi) is 4.28. The molecule has 2 rings (SSSR count). The molecule has 94 valence electrons. The first-order chi connectivity index (χ1) is 8.08. The lowest BCUT2D eigenvalue weighted by atomic mass is 10.1. The van der Waals surface area contributed by atoms with Gasteiger partial charge in [0.05, 0.1) is 0 Å². The highest BCUT2D eigenvalue weighted by molar-refractivity contribution is 5.94. The van der Waals surface area contributed by atoms with E-state index < -0.39 is 0 Å². The molecule has 0 aliphatic rings. The molecule has 0 fully saturated rings. The number of carbonyl (C=O) groups excluding carboxylic acids is 1. The van der Waals surface area contributed by atoms with Crippen molar-refractivity contribution in [2.24, 2.45) is 5.73 Å². The number of hydrogen-bond donors (Lipinski definition) is 2. The van der Waals surface area contributed by atoms with Crippen LogP contribution in [0.4, 0.5) is 0 Å². The molecule has 4 nitrogen and oxygen atoms in total. The highest BCUT2D eigenvalue weighted by Crippen LogP contribution is 2.22. The van der Waals surface area contributed by atoms with E-state index in [0.29, 0.717) is 17.1 Å². The molecule has 2 aromatic rings. The lowest BCUT2D eigenvalue weighted by molar-refractivity contribution is 0.101. The first-order valence-electron chi connectivity index (χ1n) is 5.13. The van der Waals surface area contributed by atoms with Gasteiger partial charge in [0.25, 0.3) is 0 Å². The van der Waals surface area contributed by atoms with Crippen LogP contribution in [0.1, 0.15) is 23.0 Å². The number of nitrogens with one attached hydrogen (secondary N) is 1. The Balaban J connectivity index is 0.00000162. The van der Waals surface area contributed by atoms with E-state index in [0.717, 1.165) is 5.56 Å². The summed E-state index contributed by atoms with van der Waals surface area (Å²) in [6.07, 6.45) is 0. The van der Waals surface area contributed by atoms with E-state index in [1.165, 1.54) is 6.92 Å². The van der Waals surface area contributed by atoms with E-state index in [2.05, 4.69) is 0 Å². The van der Waals surface area contributed by atoms with Gasteiger partial charge in [0.15, 0.2) is 17.4 Å². The summed E-state index contributed by atoms with van der Waals surface area (Å²) < 4.78 is 5.40. The van der Waals surface area contributed by atoms with Crippen molar-refractivity contribution < 1.29 is 9.21 Å². The average Bonchev–Trinajstić information content (AvgIpc) is 2.78. The van der Waals surface area contributed by atoms with Gasteiger partial charge in [-0.1, -0.05) is 24.3 Å². The molecule has 0 aliphatic heterocycles. The molecular formula is C13H13ClN2O2. The van der Waals surface area contributed by atoms with Gasteiger partial charge >= 0.3 is 0 Å². The molecular weight excluding hydrogens is 252 g/mol. The maximum atomic E-state index is 11.1. The molecule has 0 amide bonds. The van der Waals surface area contributed by atoms with Gasteiger partial charge < -0.3 is 10.2 Å². The molecule has 3 N–H and O–H groups in total. The number of rotatable bonds is 3. The number of amidine groups is 1. The summed E-state index contributed by atoms with van der Waals surface area (Å²) in [5.41, 5.74) is 6.82. The molecule has 18 heavy (non-hydrogen) atoms. The Labute approximate surface area is 111 Å². The van der Waals surface area contributed by atoms with Gasteiger partial charge in [-0.15, -0.1) is 12.4 Å². The maximum absolute atomic E-state index is 11.1. The molecule has 5 heteroatoms. The minimum Gasteiger partial charge on any atom is -0.453 e. The van der Waals surface area contributed by atoms with Crippen molar-refractivity contribution in [2.45, 2.75) is 6.92 Å². The standard InChI is InChI=1S/C13H12N2O2.ClH/c1-8(16)9-2-4-10(5-3-9)11-6-7-12(17-11)13(14)15;/h2-7H,1H3,(H3,14,15);1H. The first kappa shape index (κ1) is 14.0. The van der Waals surface area contributed by atoms with Crippen molar-refractivity contribution in [1.29, 1.82) is 5.41 Å². The van der Waals surface area contributed by atoms with Crippen LogP contribution in [0, 0.1) is 5.41 Å². The molecule has 0 spiro atoms. The molecule has 1 aromatic carbocycles. The molecule has 1 heterocycles. The Bertz CT molecular complexity index is 573. The number of nitrogens with two attached hydrogens (primary N) is 1. The van der Waals surface area contributed by atoms with Crippen LogP contribution in [0.2, 0.25) is 0 Å². The van der Waals surface area contributed by atoms with Crippen LogP contribution >= 0.6 is 12.4 Å². The van der Waals surface area contributed by atoms with E-state index in [1.54, 1.807) is 36.4 Å². The number of halogens is 1. The highest BCUT2D eigenvalue weighted by atomic mass is 35.5. The topological polar surface area (TPSA) is 80.1 Å². The van der Waals surface area contributed by atoms with Crippen molar-refractivity contribution in [3.63, 3.8) is 0 Å². The predicted octanol–water partition coefficient (Wildman–Crippen LogP) is 2.86. The van der Waals surface area contributed by atoms with Crippen LogP contribution in [0.25, 0.3) is 11.3 Å². The Morgan fingerprint density at radius 1 is 1.17 bits per heavy atom. The Morgan fingerprint density at radius 2 is 1.78 bits per heavy atom. The van der Waals surface area contributed by atoms with Crippen molar-refractivity contribution in [1.82, 2.24) is 0 Å². The van der Waals surface area contributed by atoms with Crippen LogP contribution in [0.15, 0.2) is 40.8 Å². The number of hydrogen-bond acceptors (Lipinski definition) is 3. The third-order valence-corrected chi connectivity index (χ3v) is 2.45. The van der Waals surface area contributed by atoms with Crippen molar-refractivity contribution in [3.8, 4) is 11.3 Å². The number of benzene rings is 1. The zero-order valence-electron chi connectivity index (χ0n) is 9.77. The summed E-state index contributed by atoms with van der Waals surface area (Å²) in [7, 11) is 0. The van der Waals surface area contributed by atoms with Crippen LogP contribution in [0.5, 0.6) is 0 Å². The summed E-state index contributed by atoms with van der Waals surface area (Å²) in [6.45, 7) is 1.52. The van der Waals surface area contributed by atoms with Gasteiger partial charge in [-0.2, -0.15) is 0 Å². The highest BCUT2D eigenvalue weighted by Gasteiger charge is 2.07. The fourth-order valence-electron chi connectivity index (χ4n) is 1.51. The fourth-order valence-corrected chi connectivity index (χ4v) is 1.51. The van der Waals surface area contributed by atoms with Crippen molar-refractivity contribution >= 4 is 24.0 Å². The summed E-state index contributed by atoms with van der Waals surface area (Å²) in [5.74, 6) is 0.901. The van der Waals surface area contributed by atoms with Crippen LogP contribution < -0.4 is 5.73 Å². The summed E-state index contributed by atoms with van der Waals surface area (Å²) in [6, 6.07) is 10.5. The average molecular weight is 265 g/mol. The maximum Gasteiger partial charge on any atom is 0.168 e. The quantitative estimate of drug-likeness (QED) is 0.508. The number of carbonyl (C=O) groups is 1. The van der Waals surface area contributed by atoms with Gasteiger partial charge in [0, 0.05) is 11.1 Å². The number of ketones is 1. The van der Waals surface area contributed by atoms with E-state index in [1.807, 2.05) is 0 Å². The zero-order chi connectivity index (χ0) is 12.4. The molecule has 0 bridgehead atoms. The largest absolute Gasteiger partial charge is 0.453 e. The van der Waals surface area contributed by atoms with Crippen molar-refractivity contribution in [2.75, 3.05) is 0 Å². The van der Waals surface area contributed by atoms with Gasteiger partial charge in [0.2, 0.25) is 0 Å². The SMILES string of the molecule is CC(=O)c1ccc(-c2ccc(C(=N)N)o2)cc1.Cl. The molecule has 0 radical (unpaired) electrons. The Morgan fingerprint density at radius 3 is 2.22 bits per heavy atom. The normalized spacial score (nSPS) is 9.61. The van der Waals surface area contributed by atoms with Crippen molar-refractivity contribution in [3.05, 3.63) is 47.7 Å². The lowest BCUT2D eigenvalue weighted by Crippen LogP contribution is -2.09. The van der Waals surface area contributed by atoms with E-state index >= 15 is 0 Å². The second kappa shape index (κ2) is 5.51. The van der Waals surface area contributed by atoms with E-state index in [9.17, 15) is 4.79 Å². The van der Waals surface area contributed by atoms with Gasteiger partial charge in [-0.25, -0.2) is 0 Å². The van der Waals surface area contributed by atoms with Gasteiger partial charge in [-0.3, -0.25) is 10.2 Å². The zero-order valence-corrected chi connectivity index (χ0v) is 10.6. The monoisotopic (exact) mass is 264 g/mol. The van der Waals surface area contributed by atoms with Crippen LogP contribution in [-0.4, -0.2) is 11.6 Å². The molecule has 0 unspecified atom stereocenters. The predicted molar refractivity (Wildman–Crippen MR) is 72.4 cm³/mol. The minimum atomic E-state index is -0.100. The van der Waals surface area contributed by atoms with E-state index in [-0.39, 0.29) is 24.0 Å². The van der Waals surface area contributed by atoms with Gasteiger partial charge in [0.1, 0.15) is 5.76 Å². The first-order valence-corrected chi connectivity index (χ1v) is 5.13. The molecule has 0 aliphatic carbocycles. The third kappa shape index (κ3) is 2.78. The lowest BCUT2D eigenvalue weighted by Gasteiger charge is -1.99. The fraction of sp³-hybridized carbons (Fsp3) is 0.0769. The molecule has 0 atom stereocenters. The number of furan rings is 1. The van der Waals surface area contributed by atoms with E-state index in [4.69, 9.17) is 15.6 Å². The summed E-state index contributed by atoms with van der Waals surface area (Å²) >= 11 is 0. The summed E-state index contributed by atoms with van der Waals surface area (Å²) in [5, 5.41) is 7.24. The second-order valence-electron chi connectivity index (χ2n) is 3.71. The third-order valence-electron chi connectivity index (χ3n) is 2.45. The molecule has 1 aromatic heterocycles. The Hall–Kier alpha value is -2.07. The number of nitrogen functional groups attached to an aromatic ring is 1. The smallest absolute Gasteiger partial charge is 0.168 e. The molecule has 0 saturated heterocycles. The van der Waals surface area contributed by atoms with Gasteiger partial charge in [-0.05, 0) is 19.1 Å². The van der Waals surface area contributed by atoms with Crippen LogP contribution in [-0.2, 0) is 0 Å². The second-order valence-corrected chi connectivity index (χ2v) is 3.71. The molecule has 0 saturated carbocycles. The summed E-state index contributed by atoms with van der Waals surface area (Å²) in [4.78, 5) is 11.1. The number of Topliss-reactive ketones (excluding diaryl/α,β-unsaturated/α-hetero) is 1. The van der Waals surface area contributed by atoms with Crippen LogP contribution in [0.3, 0.4) is 0 Å². The minimum absolute atomic E-state index is 0.